The van der Waals surface area contributed by atoms with E-state index in [-0.39, 0.29) is 6.61 Å². The van der Waals surface area contributed by atoms with Crippen molar-refractivity contribution in [3.63, 3.8) is 0 Å². The number of nitriles is 1. The van der Waals surface area contributed by atoms with Crippen LogP contribution in [0, 0.1) is 11.3 Å². The highest BCUT2D eigenvalue weighted by molar-refractivity contribution is 5.31. The summed E-state index contributed by atoms with van der Waals surface area (Å²) in [5.74, 6) is 0. The summed E-state index contributed by atoms with van der Waals surface area (Å²) in [6, 6.07) is 11.6. The second-order valence-electron chi connectivity index (χ2n) is 5.50. The van der Waals surface area contributed by atoms with Gasteiger partial charge in [0.2, 0.25) is 0 Å². The molecule has 22 heavy (non-hydrogen) atoms. The minimum absolute atomic E-state index is 0.314. The second-order valence-corrected chi connectivity index (χ2v) is 5.50. The molecule has 1 aliphatic heterocycles. The monoisotopic (exact) mass is 298 g/mol. The molecule has 2 heterocycles. The first-order chi connectivity index (χ1) is 10.7. The van der Waals surface area contributed by atoms with Crippen LogP contribution in [0.2, 0.25) is 0 Å². The maximum atomic E-state index is 9.66. The summed E-state index contributed by atoms with van der Waals surface area (Å²) in [5, 5.41) is 31.8. The van der Waals surface area contributed by atoms with Gasteiger partial charge in [-0.25, -0.2) is 0 Å². The van der Waals surface area contributed by atoms with Gasteiger partial charge in [0.05, 0.1) is 36.2 Å². The Morgan fingerprint density at radius 3 is 2.73 bits per heavy atom. The van der Waals surface area contributed by atoms with E-state index in [0.717, 1.165) is 31.9 Å². The zero-order valence-corrected chi connectivity index (χ0v) is 12.2. The number of nitrogens with zero attached hydrogens (tertiary/aromatic N) is 4. The lowest BCUT2D eigenvalue weighted by Crippen LogP contribution is -2.33. The van der Waals surface area contributed by atoms with Crippen molar-refractivity contribution in [1.82, 2.24) is 14.7 Å². The van der Waals surface area contributed by atoms with E-state index in [2.05, 4.69) is 16.1 Å². The Balaban J connectivity index is 1.68. The highest BCUT2D eigenvalue weighted by Gasteiger charge is 2.20. The molecule has 2 N–H and O–H groups in total. The average molecular weight is 298 g/mol. The Morgan fingerprint density at radius 1 is 1.27 bits per heavy atom. The van der Waals surface area contributed by atoms with Gasteiger partial charge in [0.25, 0.3) is 0 Å². The Morgan fingerprint density at radius 2 is 2.05 bits per heavy atom. The predicted molar refractivity (Wildman–Crippen MR) is 79.5 cm³/mol. The van der Waals surface area contributed by atoms with Gasteiger partial charge in [0, 0.05) is 19.6 Å². The van der Waals surface area contributed by atoms with Crippen molar-refractivity contribution in [2.45, 2.75) is 25.7 Å². The van der Waals surface area contributed by atoms with Gasteiger partial charge in [-0.15, -0.1) is 0 Å². The summed E-state index contributed by atoms with van der Waals surface area (Å²) in [5.41, 5.74) is 3.41. The van der Waals surface area contributed by atoms with Gasteiger partial charge >= 0.3 is 0 Å². The van der Waals surface area contributed by atoms with Gasteiger partial charge in [0.1, 0.15) is 6.10 Å². The highest BCUT2D eigenvalue weighted by Crippen LogP contribution is 2.19. The summed E-state index contributed by atoms with van der Waals surface area (Å²) >= 11 is 0. The van der Waals surface area contributed by atoms with Gasteiger partial charge in [-0.05, 0) is 23.8 Å². The average Bonchev–Trinajstić information content (AvgIpc) is 2.98. The maximum absolute atomic E-state index is 9.66. The molecule has 0 aliphatic carbocycles. The summed E-state index contributed by atoms with van der Waals surface area (Å²) in [6.45, 7) is 2.90. The van der Waals surface area contributed by atoms with E-state index >= 15 is 0 Å². The van der Waals surface area contributed by atoms with E-state index in [0.29, 0.717) is 11.3 Å². The third kappa shape index (κ3) is 3.02. The first kappa shape index (κ1) is 14.7. The molecule has 0 unspecified atom stereocenters. The molecular weight excluding hydrogens is 280 g/mol. The second kappa shape index (κ2) is 6.28. The molecule has 114 valence electrons. The molecule has 6 heteroatoms. The lowest BCUT2D eigenvalue weighted by atomic mass is 10.1. The third-order valence-corrected chi connectivity index (χ3v) is 3.90. The van der Waals surface area contributed by atoms with Crippen LogP contribution in [0.25, 0.3) is 0 Å². The number of aliphatic hydroxyl groups excluding tert-OH is 2. The Bertz CT molecular complexity index is 687. The smallest absolute Gasteiger partial charge is 0.121 e. The molecule has 0 saturated heterocycles. The van der Waals surface area contributed by atoms with E-state index in [4.69, 9.17) is 10.4 Å². The SMILES string of the molecule is N#Cc1ccc(CN2CCn3nc([C@@H](O)CO)cc3C2)cc1. The molecule has 6 nitrogen and oxygen atoms in total. The van der Waals surface area contributed by atoms with Gasteiger partial charge < -0.3 is 10.2 Å². The van der Waals surface area contributed by atoms with Crippen LogP contribution in [0.4, 0.5) is 0 Å². The number of rotatable bonds is 4. The number of hydrogen-bond acceptors (Lipinski definition) is 5. The van der Waals surface area contributed by atoms with Crippen molar-refractivity contribution in [2.75, 3.05) is 13.2 Å². The molecule has 0 spiro atoms. The highest BCUT2D eigenvalue weighted by atomic mass is 16.3. The van der Waals surface area contributed by atoms with Crippen LogP contribution in [0.3, 0.4) is 0 Å². The van der Waals surface area contributed by atoms with Gasteiger partial charge in [-0.2, -0.15) is 10.4 Å². The maximum Gasteiger partial charge on any atom is 0.121 e. The van der Waals surface area contributed by atoms with Crippen molar-refractivity contribution in [3.8, 4) is 6.07 Å². The third-order valence-electron chi connectivity index (χ3n) is 3.90. The Hall–Kier alpha value is -2.20. The zero-order chi connectivity index (χ0) is 15.5. The molecule has 0 saturated carbocycles. The van der Waals surface area contributed by atoms with Crippen LogP contribution < -0.4 is 0 Å². The summed E-state index contributed by atoms with van der Waals surface area (Å²) in [7, 11) is 0. The van der Waals surface area contributed by atoms with Crippen LogP contribution in [0.5, 0.6) is 0 Å². The van der Waals surface area contributed by atoms with Gasteiger partial charge in [0.15, 0.2) is 0 Å². The Labute approximate surface area is 128 Å². The number of aliphatic hydroxyl groups is 2. The minimum Gasteiger partial charge on any atom is -0.393 e. The summed E-state index contributed by atoms with van der Waals surface area (Å²) in [6.07, 6.45) is -0.912. The van der Waals surface area contributed by atoms with E-state index < -0.39 is 6.10 Å². The van der Waals surface area contributed by atoms with Gasteiger partial charge in [-0.3, -0.25) is 9.58 Å². The van der Waals surface area contributed by atoms with E-state index in [9.17, 15) is 5.11 Å². The van der Waals surface area contributed by atoms with Crippen LogP contribution in [-0.2, 0) is 19.6 Å². The number of hydrogen-bond donors (Lipinski definition) is 2. The molecule has 0 bridgehead atoms. The Kier molecular flexibility index (Phi) is 4.20. The minimum atomic E-state index is -0.912. The standard InChI is InChI=1S/C16H18N4O2/c17-8-12-1-3-13(4-2-12)9-19-5-6-20-14(10-19)7-15(18-20)16(22)11-21/h1-4,7,16,21-22H,5-6,9-11H2/t16-/m0/s1. The fourth-order valence-corrected chi connectivity index (χ4v) is 2.68. The van der Waals surface area contributed by atoms with Crippen molar-refractivity contribution in [2.24, 2.45) is 0 Å². The fraction of sp³-hybridized carbons (Fsp3) is 0.375. The van der Waals surface area contributed by atoms with Crippen molar-refractivity contribution in [1.29, 1.82) is 5.26 Å². The zero-order valence-electron chi connectivity index (χ0n) is 12.2. The van der Waals surface area contributed by atoms with Crippen LogP contribution in [-0.4, -0.2) is 38.0 Å². The predicted octanol–water partition coefficient (Wildman–Crippen LogP) is 0.796. The van der Waals surface area contributed by atoms with Crippen molar-refractivity contribution in [3.05, 3.63) is 52.8 Å². The van der Waals surface area contributed by atoms with Crippen LogP contribution >= 0.6 is 0 Å². The molecule has 1 aromatic heterocycles. The largest absolute Gasteiger partial charge is 0.393 e. The van der Waals surface area contributed by atoms with Crippen LogP contribution in [0.15, 0.2) is 30.3 Å². The lowest BCUT2D eigenvalue weighted by Gasteiger charge is -2.27. The summed E-state index contributed by atoms with van der Waals surface area (Å²) in [4.78, 5) is 2.30. The number of benzene rings is 1. The topological polar surface area (TPSA) is 85.3 Å². The van der Waals surface area contributed by atoms with Crippen LogP contribution in [0.1, 0.15) is 28.6 Å². The molecule has 0 amide bonds. The molecule has 1 aliphatic rings. The molecule has 3 rings (SSSR count). The molecule has 1 aromatic carbocycles. The van der Waals surface area contributed by atoms with Gasteiger partial charge in [-0.1, -0.05) is 12.1 Å². The van der Waals surface area contributed by atoms with E-state index in [1.54, 1.807) is 0 Å². The molecule has 1 atom stereocenters. The number of fused-ring (bicyclic) bond motifs is 1. The number of aromatic nitrogens is 2. The van der Waals surface area contributed by atoms with Crippen molar-refractivity contribution >= 4 is 0 Å². The van der Waals surface area contributed by atoms with E-state index in [1.165, 1.54) is 5.56 Å². The quantitative estimate of drug-likeness (QED) is 0.872. The normalized spacial score (nSPS) is 16.0. The molecule has 0 radical (unpaired) electrons. The molecule has 0 fully saturated rings. The first-order valence-corrected chi connectivity index (χ1v) is 7.26. The fourth-order valence-electron chi connectivity index (χ4n) is 2.68. The first-order valence-electron chi connectivity index (χ1n) is 7.26. The van der Waals surface area contributed by atoms with E-state index in [1.807, 2.05) is 35.0 Å². The lowest BCUT2D eigenvalue weighted by molar-refractivity contribution is 0.0915. The molecular formula is C16H18N4O2. The van der Waals surface area contributed by atoms with Crippen molar-refractivity contribution < 1.29 is 10.2 Å². The molecule has 2 aromatic rings. The summed E-state index contributed by atoms with van der Waals surface area (Å²) < 4.78 is 1.89.